The van der Waals surface area contributed by atoms with E-state index in [2.05, 4.69) is 26.3 Å². The third-order valence-corrected chi connectivity index (χ3v) is 7.72. The molecule has 1 fully saturated rings. The molecule has 0 radical (unpaired) electrons. The van der Waals surface area contributed by atoms with Gasteiger partial charge in [-0.15, -0.1) is 0 Å². The number of nitrogens with one attached hydrogen (secondary N) is 4. The first-order valence-electron chi connectivity index (χ1n) is 14.9. The van der Waals surface area contributed by atoms with E-state index in [1.54, 1.807) is 36.1 Å². The third kappa shape index (κ3) is 7.49. The van der Waals surface area contributed by atoms with E-state index in [4.69, 9.17) is 4.42 Å². The van der Waals surface area contributed by atoms with Gasteiger partial charge in [-0.2, -0.15) is 0 Å². The molecule has 5 amide bonds. The van der Waals surface area contributed by atoms with Crippen LogP contribution < -0.4 is 26.2 Å². The zero-order valence-electron chi connectivity index (χ0n) is 24.5. The second kappa shape index (κ2) is 14.0. The van der Waals surface area contributed by atoms with E-state index in [0.29, 0.717) is 50.0 Å². The molecule has 0 spiro atoms. The fourth-order valence-electron chi connectivity index (χ4n) is 5.31. The van der Waals surface area contributed by atoms with Crippen LogP contribution in [0.3, 0.4) is 0 Å². The average Bonchev–Trinajstić information content (AvgIpc) is 3.70. The van der Waals surface area contributed by atoms with Crippen LogP contribution in [0.1, 0.15) is 77.4 Å². The van der Waals surface area contributed by atoms with Gasteiger partial charge in [0.15, 0.2) is 5.69 Å². The van der Waals surface area contributed by atoms with Gasteiger partial charge in [0.25, 0.3) is 11.8 Å². The molecule has 0 saturated carbocycles. The number of hydrogen-bond donors (Lipinski definition) is 4. The van der Waals surface area contributed by atoms with Gasteiger partial charge in [0.1, 0.15) is 24.4 Å². The highest BCUT2D eigenvalue weighted by Gasteiger charge is 2.28. The summed E-state index contributed by atoms with van der Waals surface area (Å²) in [7, 11) is 0. The zero-order valence-corrected chi connectivity index (χ0v) is 24.5. The predicted molar refractivity (Wildman–Crippen MR) is 161 cm³/mol. The van der Waals surface area contributed by atoms with Crippen LogP contribution in [0.4, 0.5) is 5.69 Å². The summed E-state index contributed by atoms with van der Waals surface area (Å²) < 4.78 is 5.50. The maximum absolute atomic E-state index is 13.4. The lowest BCUT2D eigenvalue weighted by atomic mass is 10.0. The van der Waals surface area contributed by atoms with Gasteiger partial charge in [-0.1, -0.05) is 36.4 Å². The highest BCUT2D eigenvalue weighted by atomic mass is 16.3. The summed E-state index contributed by atoms with van der Waals surface area (Å²) in [5.41, 5.74) is 1.83. The van der Waals surface area contributed by atoms with Crippen LogP contribution in [0.5, 0.6) is 0 Å². The summed E-state index contributed by atoms with van der Waals surface area (Å²) >= 11 is 0. The molecule has 3 heterocycles. The maximum atomic E-state index is 13.4. The number of anilines is 1. The summed E-state index contributed by atoms with van der Waals surface area (Å²) in [6, 6.07) is 13.7. The quantitative estimate of drug-likeness (QED) is 0.350. The average molecular weight is 601 g/mol. The van der Waals surface area contributed by atoms with Crippen LogP contribution in [-0.4, -0.2) is 59.7 Å². The number of carbonyl (C=O) groups is 5. The molecule has 1 aromatic heterocycles. The predicted octanol–water partition coefficient (Wildman–Crippen LogP) is 2.42. The van der Waals surface area contributed by atoms with Gasteiger partial charge < -0.3 is 30.6 Å². The molecule has 12 heteroatoms. The van der Waals surface area contributed by atoms with Crippen molar-refractivity contribution < 1.29 is 28.4 Å². The molecule has 2 aliphatic heterocycles. The van der Waals surface area contributed by atoms with Crippen LogP contribution >= 0.6 is 0 Å². The summed E-state index contributed by atoms with van der Waals surface area (Å²) in [4.78, 5) is 70.9. The fraction of sp³-hybridized carbons (Fsp3) is 0.375. The number of amides is 5. The van der Waals surface area contributed by atoms with Crippen LogP contribution in [0, 0.1) is 0 Å². The fourth-order valence-corrected chi connectivity index (χ4v) is 5.31. The minimum atomic E-state index is -0.894. The summed E-state index contributed by atoms with van der Waals surface area (Å²) in [5.74, 6) is -1.70. The Morgan fingerprint density at radius 1 is 1.00 bits per heavy atom. The number of rotatable bonds is 5. The van der Waals surface area contributed by atoms with Crippen molar-refractivity contribution in [2.75, 3.05) is 18.0 Å². The van der Waals surface area contributed by atoms with Crippen LogP contribution in [-0.2, 0) is 20.8 Å². The van der Waals surface area contributed by atoms with E-state index in [0.717, 1.165) is 12.0 Å². The first kappa shape index (κ1) is 30.5. The zero-order chi connectivity index (χ0) is 31.1. The number of carbonyl (C=O) groups excluding carboxylic acids is 5. The van der Waals surface area contributed by atoms with E-state index in [1.165, 1.54) is 6.26 Å². The Morgan fingerprint density at radius 2 is 1.82 bits per heavy atom. The highest BCUT2D eigenvalue weighted by molar-refractivity contribution is 6.00. The molecule has 5 rings (SSSR count). The minimum absolute atomic E-state index is 0.0131. The molecule has 230 valence electrons. The van der Waals surface area contributed by atoms with Gasteiger partial charge in [-0.05, 0) is 56.4 Å². The van der Waals surface area contributed by atoms with E-state index in [1.807, 2.05) is 30.3 Å². The van der Waals surface area contributed by atoms with E-state index in [-0.39, 0.29) is 29.8 Å². The third-order valence-electron chi connectivity index (χ3n) is 7.72. The molecule has 2 aliphatic rings. The number of nitrogens with zero attached hydrogens (tertiary/aromatic N) is 2. The molecule has 0 aliphatic carbocycles. The first-order chi connectivity index (χ1) is 21.3. The lowest BCUT2D eigenvalue weighted by molar-refractivity contribution is -0.124. The van der Waals surface area contributed by atoms with Crippen LogP contribution in [0.2, 0.25) is 0 Å². The molecule has 2 aromatic carbocycles. The summed E-state index contributed by atoms with van der Waals surface area (Å²) in [6.07, 6.45) is 4.08. The van der Waals surface area contributed by atoms with Crippen LogP contribution in [0.15, 0.2) is 65.3 Å². The Bertz CT molecular complexity index is 1520. The van der Waals surface area contributed by atoms with Crippen molar-refractivity contribution in [2.45, 2.75) is 63.6 Å². The molecule has 12 nitrogen and oxygen atoms in total. The molecule has 3 atom stereocenters. The van der Waals surface area contributed by atoms with E-state index >= 15 is 0 Å². The molecular formula is C32H36N6O6. The maximum Gasteiger partial charge on any atom is 0.273 e. The smallest absolute Gasteiger partial charge is 0.273 e. The molecule has 3 aromatic rings. The second-order valence-corrected chi connectivity index (χ2v) is 11.0. The molecule has 44 heavy (non-hydrogen) atoms. The number of hydrogen-bond acceptors (Lipinski definition) is 7. The van der Waals surface area contributed by atoms with Gasteiger partial charge in [-0.25, -0.2) is 4.98 Å². The Kier molecular flexibility index (Phi) is 9.68. The van der Waals surface area contributed by atoms with E-state index in [9.17, 15) is 24.0 Å². The summed E-state index contributed by atoms with van der Waals surface area (Å²) in [6.45, 7) is 2.58. The van der Waals surface area contributed by atoms with Gasteiger partial charge in [0.2, 0.25) is 23.6 Å². The van der Waals surface area contributed by atoms with Crippen molar-refractivity contribution in [1.82, 2.24) is 26.3 Å². The number of aromatic nitrogens is 1. The lowest BCUT2D eigenvalue weighted by Gasteiger charge is -2.22. The standard InChI is InChI=1S/C32H36N6O6/c1-20-32-37-26(19-44-32)31(43)36-25(17-21-9-3-2-4-10-21)29(41)33-15-6-5-13-24(30(42)34-20)35-28(40)22-11-7-12-23(18-22)38-16-8-14-27(38)39/h2-4,7,9-12,18-20,24-25H,5-6,8,13-17H2,1H3,(H,33,41)(H,34,42)(H,35,40)(H,36,43)/t20-,24-,25-/m0/s1. The van der Waals surface area contributed by atoms with Crippen LogP contribution in [0.25, 0.3) is 0 Å². The monoisotopic (exact) mass is 600 g/mol. The SMILES string of the molecule is C[C@@H]1NC(=O)[C@@H](NC(=O)c2cccc(N3CCCC3=O)c2)CCCCNC(=O)[C@H](Cc2ccccc2)NC(=O)c2coc1n2. The highest BCUT2D eigenvalue weighted by Crippen LogP contribution is 2.22. The molecule has 0 unspecified atom stereocenters. The lowest BCUT2D eigenvalue weighted by Crippen LogP contribution is -2.49. The van der Waals surface area contributed by atoms with Crippen molar-refractivity contribution in [1.29, 1.82) is 0 Å². The molecule has 4 N–H and O–H groups in total. The number of fused-ring (bicyclic) bond motifs is 2. The van der Waals surface area contributed by atoms with Gasteiger partial charge >= 0.3 is 0 Å². The largest absolute Gasteiger partial charge is 0.446 e. The van der Waals surface area contributed by atoms with Crippen molar-refractivity contribution >= 4 is 35.2 Å². The van der Waals surface area contributed by atoms with Crippen molar-refractivity contribution in [2.24, 2.45) is 0 Å². The van der Waals surface area contributed by atoms with Gasteiger partial charge in [0.05, 0.1) is 0 Å². The Balaban J connectivity index is 1.31. The Labute approximate surface area is 255 Å². The molecular weight excluding hydrogens is 564 g/mol. The normalized spacial score (nSPS) is 21.8. The molecule has 1 saturated heterocycles. The van der Waals surface area contributed by atoms with Crippen molar-refractivity contribution in [3.63, 3.8) is 0 Å². The Hall–Kier alpha value is -5.00. The first-order valence-corrected chi connectivity index (χ1v) is 14.9. The second-order valence-electron chi connectivity index (χ2n) is 11.0. The van der Waals surface area contributed by atoms with Gasteiger partial charge in [0, 0.05) is 37.2 Å². The molecule has 2 bridgehead atoms. The topological polar surface area (TPSA) is 163 Å². The number of oxazole rings is 1. The van der Waals surface area contributed by atoms with E-state index < -0.39 is 35.8 Å². The summed E-state index contributed by atoms with van der Waals surface area (Å²) in [5, 5.41) is 11.3. The Morgan fingerprint density at radius 3 is 2.59 bits per heavy atom. The minimum Gasteiger partial charge on any atom is -0.446 e. The van der Waals surface area contributed by atoms with Crippen molar-refractivity contribution in [3.05, 3.63) is 83.6 Å². The van der Waals surface area contributed by atoms with Crippen molar-refractivity contribution in [3.8, 4) is 0 Å². The number of benzene rings is 2. The van der Waals surface area contributed by atoms with Gasteiger partial charge in [-0.3, -0.25) is 24.0 Å².